The first-order valence-electron chi connectivity index (χ1n) is 8.92. The van der Waals surface area contributed by atoms with Crippen LogP contribution in [0.15, 0.2) is 49.1 Å². The lowest BCUT2D eigenvalue weighted by Gasteiger charge is -2.35. The molecule has 1 aliphatic rings. The summed E-state index contributed by atoms with van der Waals surface area (Å²) < 4.78 is 3.60. The zero-order chi connectivity index (χ0) is 18.2. The average molecular weight is 361 g/mol. The second-order valence-corrected chi connectivity index (χ2v) is 6.54. The van der Waals surface area contributed by atoms with E-state index in [-0.39, 0.29) is 0 Å². The van der Waals surface area contributed by atoms with Crippen LogP contribution in [0.5, 0.6) is 0 Å². The highest BCUT2D eigenvalue weighted by molar-refractivity contribution is 5.68. The summed E-state index contributed by atoms with van der Waals surface area (Å²) in [6.07, 6.45) is 7.35. The molecule has 4 aromatic heterocycles. The molecule has 0 atom stereocenters. The van der Waals surface area contributed by atoms with Crippen LogP contribution in [0.2, 0.25) is 0 Å². The smallest absolute Gasteiger partial charge is 0.175 e. The van der Waals surface area contributed by atoms with E-state index < -0.39 is 0 Å². The Hall–Kier alpha value is -3.49. The van der Waals surface area contributed by atoms with Gasteiger partial charge in [-0.25, -0.2) is 14.2 Å². The fourth-order valence-electron chi connectivity index (χ4n) is 3.39. The van der Waals surface area contributed by atoms with Crippen LogP contribution in [0.25, 0.3) is 11.3 Å². The fraction of sp³-hybridized carbons (Fsp3) is 0.278. The van der Waals surface area contributed by atoms with Gasteiger partial charge in [-0.3, -0.25) is 0 Å². The number of fused-ring (bicyclic) bond motifs is 1. The van der Waals surface area contributed by atoms with Crippen LogP contribution < -0.4 is 9.80 Å². The van der Waals surface area contributed by atoms with Crippen molar-refractivity contribution >= 4 is 17.2 Å². The molecule has 0 spiro atoms. The van der Waals surface area contributed by atoms with Crippen molar-refractivity contribution in [1.29, 1.82) is 0 Å². The number of hydrogen-bond acceptors (Lipinski definition) is 7. The first kappa shape index (κ1) is 15.7. The largest absolute Gasteiger partial charge is 0.352 e. The number of piperazine rings is 1. The molecule has 0 radical (unpaired) electrons. The van der Waals surface area contributed by atoms with Crippen molar-refractivity contribution in [2.24, 2.45) is 0 Å². The fourth-order valence-corrected chi connectivity index (χ4v) is 3.39. The SMILES string of the molecule is Cc1ccn(-c2ccc(N3CCN(c4nccn5nccc45)CC3)nn2)n1. The third-order valence-electron chi connectivity index (χ3n) is 4.80. The summed E-state index contributed by atoms with van der Waals surface area (Å²) in [5.74, 6) is 2.59. The Morgan fingerprint density at radius 1 is 0.815 bits per heavy atom. The van der Waals surface area contributed by atoms with Crippen molar-refractivity contribution in [3.05, 3.63) is 54.7 Å². The summed E-state index contributed by atoms with van der Waals surface area (Å²) in [7, 11) is 0. The number of nitrogens with zero attached hydrogens (tertiary/aromatic N) is 9. The van der Waals surface area contributed by atoms with Gasteiger partial charge in [0.05, 0.1) is 11.9 Å². The number of hydrogen-bond donors (Lipinski definition) is 0. The minimum absolute atomic E-state index is 0.724. The predicted molar refractivity (Wildman–Crippen MR) is 101 cm³/mol. The Bertz CT molecular complexity index is 1060. The third-order valence-corrected chi connectivity index (χ3v) is 4.80. The van der Waals surface area contributed by atoms with Gasteiger partial charge in [-0.05, 0) is 31.2 Å². The van der Waals surface area contributed by atoms with Crippen LogP contribution in [0.4, 0.5) is 11.6 Å². The number of aromatic nitrogens is 7. The van der Waals surface area contributed by atoms with Crippen molar-refractivity contribution in [2.45, 2.75) is 6.92 Å². The molecule has 27 heavy (non-hydrogen) atoms. The molecule has 136 valence electrons. The third kappa shape index (κ3) is 2.86. The van der Waals surface area contributed by atoms with Crippen LogP contribution in [0, 0.1) is 6.92 Å². The van der Waals surface area contributed by atoms with Crippen molar-refractivity contribution in [1.82, 2.24) is 34.6 Å². The van der Waals surface area contributed by atoms with Crippen LogP contribution in [0.3, 0.4) is 0 Å². The zero-order valence-electron chi connectivity index (χ0n) is 15.0. The van der Waals surface area contributed by atoms with Crippen LogP contribution in [-0.4, -0.2) is 60.8 Å². The molecule has 0 amide bonds. The van der Waals surface area contributed by atoms with E-state index in [2.05, 4.69) is 35.2 Å². The number of rotatable bonds is 3. The molecule has 4 aromatic rings. The molecular formula is C18H19N9. The highest BCUT2D eigenvalue weighted by atomic mass is 15.4. The molecule has 0 aliphatic carbocycles. The van der Waals surface area contributed by atoms with Crippen LogP contribution in [-0.2, 0) is 0 Å². The van der Waals surface area contributed by atoms with Crippen molar-refractivity contribution in [3.8, 4) is 5.82 Å². The lowest BCUT2D eigenvalue weighted by molar-refractivity contribution is 0.637. The van der Waals surface area contributed by atoms with Gasteiger partial charge in [0.2, 0.25) is 0 Å². The molecule has 0 N–H and O–H groups in total. The van der Waals surface area contributed by atoms with Gasteiger partial charge in [0.1, 0.15) is 5.52 Å². The Labute approximate surface area is 155 Å². The molecule has 5 rings (SSSR count). The Morgan fingerprint density at radius 2 is 1.59 bits per heavy atom. The Kier molecular flexibility index (Phi) is 3.70. The van der Waals surface area contributed by atoms with E-state index in [4.69, 9.17) is 0 Å². The predicted octanol–water partition coefficient (Wildman–Crippen LogP) is 1.34. The molecule has 0 saturated carbocycles. The normalized spacial score (nSPS) is 14.9. The molecule has 0 bridgehead atoms. The highest BCUT2D eigenvalue weighted by Crippen LogP contribution is 2.21. The van der Waals surface area contributed by atoms with Gasteiger partial charge in [-0.2, -0.15) is 10.2 Å². The first-order chi connectivity index (χ1) is 13.3. The second-order valence-electron chi connectivity index (χ2n) is 6.54. The molecule has 0 aromatic carbocycles. The zero-order valence-corrected chi connectivity index (χ0v) is 15.0. The summed E-state index contributed by atoms with van der Waals surface area (Å²) in [5, 5.41) is 17.4. The summed E-state index contributed by atoms with van der Waals surface area (Å²) in [6, 6.07) is 7.90. The molecule has 1 aliphatic heterocycles. The number of anilines is 2. The van der Waals surface area contributed by atoms with E-state index >= 15 is 0 Å². The molecule has 5 heterocycles. The molecule has 0 unspecified atom stereocenters. The van der Waals surface area contributed by atoms with Gasteiger partial charge in [0.25, 0.3) is 0 Å². The Balaban J connectivity index is 1.30. The number of aryl methyl sites for hydroxylation is 1. The molecule has 9 nitrogen and oxygen atoms in total. The summed E-state index contributed by atoms with van der Waals surface area (Å²) >= 11 is 0. The summed E-state index contributed by atoms with van der Waals surface area (Å²) in [6.45, 7) is 5.44. The topological polar surface area (TPSA) is 80.3 Å². The maximum Gasteiger partial charge on any atom is 0.175 e. The maximum absolute atomic E-state index is 4.56. The van der Waals surface area contributed by atoms with Gasteiger partial charge in [0.15, 0.2) is 17.5 Å². The van der Waals surface area contributed by atoms with Gasteiger partial charge in [-0.15, -0.1) is 10.2 Å². The van der Waals surface area contributed by atoms with E-state index in [0.717, 1.165) is 54.8 Å². The van der Waals surface area contributed by atoms with E-state index in [9.17, 15) is 0 Å². The van der Waals surface area contributed by atoms with Crippen LogP contribution >= 0.6 is 0 Å². The summed E-state index contributed by atoms with van der Waals surface area (Å²) in [5.41, 5.74) is 1.99. The van der Waals surface area contributed by atoms with Crippen molar-refractivity contribution < 1.29 is 0 Å². The van der Waals surface area contributed by atoms with Gasteiger partial charge in [0, 0.05) is 44.8 Å². The monoisotopic (exact) mass is 361 g/mol. The minimum atomic E-state index is 0.724. The standard InChI is InChI=1S/C18H19N9/c1-14-5-8-27(23-14)17-3-2-16(21-22-17)24-10-12-25(13-11-24)18-15-4-6-20-26(15)9-7-19-18/h2-9H,10-13H2,1H3. The van der Waals surface area contributed by atoms with Gasteiger partial charge in [-0.1, -0.05) is 0 Å². The van der Waals surface area contributed by atoms with E-state index in [1.165, 1.54) is 0 Å². The van der Waals surface area contributed by atoms with Gasteiger partial charge >= 0.3 is 0 Å². The second kappa shape index (κ2) is 6.35. The average Bonchev–Trinajstić information content (AvgIpc) is 3.37. The highest BCUT2D eigenvalue weighted by Gasteiger charge is 2.21. The maximum atomic E-state index is 4.56. The van der Waals surface area contributed by atoms with Crippen molar-refractivity contribution in [3.63, 3.8) is 0 Å². The Morgan fingerprint density at radius 3 is 2.33 bits per heavy atom. The van der Waals surface area contributed by atoms with E-state index in [1.54, 1.807) is 17.1 Å². The summed E-state index contributed by atoms with van der Waals surface area (Å²) in [4.78, 5) is 9.10. The van der Waals surface area contributed by atoms with Crippen LogP contribution in [0.1, 0.15) is 5.69 Å². The molecule has 1 saturated heterocycles. The minimum Gasteiger partial charge on any atom is -0.352 e. The molecule has 1 fully saturated rings. The first-order valence-corrected chi connectivity index (χ1v) is 8.92. The lowest BCUT2D eigenvalue weighted by Crippen LogP contribution is -2.47. The lowest BCUT2D eigenvalue weighted by atomic mass is 10.3. The quantitative estimate of drug-likeness (QED) is 0.545. The van der Waals surface area contributed by atoms with E-state index in [1.807, 2.05) is 48.1 Å². The van der Waals surface area contributed by atoms with E-state index in [0.29, 0.717) is 0 Å². The molecule has 9 heteroatoms. The molecular weight excluding hydrogens is 342 g/mol. The van der Waals surface area contributed by atoms with Crippen molar-refractivity contribution in [2.75, 3.05) is 36.0 Å². The van der Waals surface area contributed by atoms with Gasteiger partial charge < -0.3 is 9.80 Å².